The third-order valence-corrected chi connectivity index (χ3v) is 5.68. The van der Waals surface area contributed by atoms with Crippen LogP contribution in [0.5, 0.6) is 0 Å². The molecule has 1 aliphatic heterocycles. The number of fused-ring (bicyclic) bond motifs is 4. The number of para-hydroxylation sites is 1. The van der Waals surface area contributed by atoms with E-state index in [-0.39, 0.29) is 24.0 Å². The molecular formula is C22H22N2O5. The standard InChI is InChI=1S/C22H22N2O5/c1-3-22(28,10-19(26)29-2)16-9-18-20-14(11-24(18)21(27)15(16)12-25)8-13-6-4-5-7-17(13)23-20/h4-9,25,28H,3,10-12H2,1-2H3. The second-order valence-electron chi connectivity index (χ2n) is 7.30. The Morgan fingerprint density at radius 2 is 2.07 bits per heavy atom. The monoisotopic (exact) mass is 394 g/mol. The summed E-state index contributed by atoms with van der Waals surface area (Å²) in [7, 11) is 1.24. The third-order valence-electron chi connectivity index (χ3n) is 5.68. The molecule has 0 fully saturated rings. The molecule has 0 amide bonds. The third kappa shape index (κ3) is 3.03. The number of aromatic nitrogens is 2. The number of aliphatic hydroxyl groups is 2. The topological polar surface area (TPSA) is 102 Å². The number of aliphatic hydroxyl groups excluding tert-OH is 1. The van der Waals surface area contributed by atoms with E-state index in [0.29, 0.717) is 17.9 Å². The van der Waals surface area contributed by atoms with E-state index in [0.717, 1.165) is 16.5 Å². The number of methoxy groups -OCH3 is 1. The SMILES string of the molecule is CCC(O)(CC(=O)OC)c1cc2n(c(=O)c1CO)Cc1cc3ccccc3nc1-2. The number of pyridine rings is 2. The highest BCUT2D eigenvalue weighted by atomic mass is 16.5. The second kappa shape index (κ2) is 7.09. The molecule has 0 bridgehead atoms. The highest BCUT2D eigenvalue weighted by molar-refractivity contribution is 5.84. The van der Waals surface area contributed by atoms with E-state index in [2.05, 4.69) is 0 Å². The van der Waals surface area contributed by atoms with Crippen molar-refractivity contribution >= 4 is 16.9 Å². The summed E-state index contributed by atoms with van der Waals surface area (Å²) < 4.78 is 6.27. The van der Waals surface area contributed by atoms with Gasteiger partial charge in [-0.15, -0.1) is 0 Å². The fourth-order valence-corrected chi connectivity index (χ4v) is 4.00. The van der Waals surface area contributed by atoms with Gasteiger partial charge in [0.05, 0.1) is 43.6 Å². The van der Waals surface area contributed by atoms with E-state index in [1.165, 1.54) is 7.11 Å². The second-order valence-corrected chi connectivity index (χ2v) is 7.30. The van der Waals surface area contributed by atoms with Crippen molar-refractivity contribution in [3.63, 3.8) is 0 Å². The Morgan fingerprint density at radius 3 is 2.76 bits per heavy atom. The van der Waals surface area contributed by atoms with Crippen molar-refractivity contribution in [2.24, 2.45) is 0 Å². The molecule has 0 saturated carbocycles. The normalized spacial score (nSPS) is 14.3. The predicted molar refractivity (Wildman–Crippen MR) is 107 cm³/mol. The largest absolute Gasteiger partial charge is 0.469 e. The molecule has 4 rings (SSSR count). The lowest BCUT2D eigenvalue weighted by Gasteiger charge is -2.28. The summed E-state index contributed by atoms with van der Waals surface area (Å²) in [4.78, 5) is 29.7. The molecular weight excluding hydrogens is 372 g/mol. The van der Waals surface area contributed by atoms with Gasteiger partial charge in [0, 0.05) is 16.5 Å². The summed E-state index contributed by atoms with van der Waals surface area (Å²) in [5.74, 6) is -0.594. The predicted octanol–water partition coefficient (Wildman–Crippen LogP) is 2.08. The van der Waals surface area contributed by atoms with Gasteiger partial charge in [-0.05, 0) is 30.2 Å². The molecule has 7 heteroatoms. The molecule has 7 nitrogen and oxygen atoms in total. The highest BCUT2D eigenvalue weighted by Gasteiger charge is 2.36. The summed E-state index contributed by atoms with van der Waals surface area (Å²) in [6.45, 7) is 1.52. The van der Waals surface area contributed by atoms with Crippen LogP contribution in [0, 0.1) is 0 Å². The van der Waals surface area contributed by atoms with E-state index in [9.17, 15) is 19.8 Å². The van der Waals surface area contributed by atoms with Crippen LogP contribution < -0.4 is 5.56 Å². The van der Waals surface area contributed by atoms with Crippen LogP contribution in [-0.2, 0) is 28.3 Å². The lowest BCUT2D eigenvalue weighted by Crippen LogP contribution is -2.35. The number of rotatable bonds is 5. The molecule has 1 aliphatic rings. The fraction of sp³-hybridized carbons (Fsp3) is 0.318. The molecule has 1 aromatic carbocycles. The van der Waals surface area contributed by atoms with Crippen LogP contribution in [0.3, 0.4) is 0 Å². The van der Waals surface area contributed by atoms with Crippen LogP contribution in [0.2, 0.25) is 0 Å². The Morgan fingerprint density at radius 1 is 1.31 bits per heavy atom. The van der Waals surface area contributed by atoms with E-state index in [1.54, 1.807) is 17.6 Å². The molecule has 2 aromatic heterocycles. The smallest absolute Gasteiger partial charge is 0.308 e. The van der Waals surface area contributed by atoms with Crippen molar-refractivity contribution in [1.29, 1.82) is 0 Å². The van der Waals surface area contributed by atoms with Gasteiger partial charge >= 0.3 is 5.97 Å². The molecule has 29 heavy (non-hydrogen) atoms. The van der Waals surface area contributed by atoms with Crippen molar-refractivity contribution in [2.75, 3.05) is 7.11 Å². The number of hydrogen-bond donors (Lipinski definition) is 2. The number of ether oxygens (including phenoxy) is 1. The van der Waals surface area contributed by atoms with Crippen LogP contribution in [0.4, 0.5) is 0 Å². The van der Waals surface area contributed by atoms with E-state index in [1.807, 2.05) is 30.3 Å². The maximum Gasteiger partial charge on any atom is 0.308 e. The first kappa shape index (κ1) is 19.3. The van der Waals surface area contributed by atoms with Gasteiger partial charge in [0.2, 0.25) is 0 Å². The molecule has 0 radical (unpaired) electrons. The minimum atomic E-state index is -1.63. The number of benzene rings is 1. The van der Waals surface area contributed by atoms with Gasteiger partial charge in [-0.1, -0.05) is 25.1 Å². The molecule has 1 atom stereocenters. The number of hydrogen-bond acceptors (Lipinski definition) is 6. The Hall–Kier alpha value is -3.03. The molecule has 2 N–H and O–H groups in total. The average Bonchev–Trinajstić information content (AvgIpc) is 3.09. The van der Waals surface area contributed by atoms with Gasteiger partial charge in [-0.25, -0.2) is 4.98 Å². The molecule has 3 aromatic rings. The number of nitrogens with zero attached hydrogens (tertiary/aromatic N) is 2. The van der Waals surface area contributed by atoms with Crippen molar-refractivity contribution in [1.82, 2.24) is 9.55 Å². The van der Waals surface area contributed by atoms with E-state index >= 15 is 0 Å². The lowest BCUT2D eigenvalue weighted by atomic mass is 9.85. The van der Waals surface area contributed by atoms with Crippen LogP contribution in [0.25, 0.3) is 22.3 Å². The Labute approximate surface area is 167 Å². The summed E-state index contributed by atoms with van der Waals surface area (Å²) in [6.07, 6.45) is -0.135. The number of carbonyl (C=O) groups excluding carboxylic acids is 1. The first-order chi connectivity index (χ1) is 13.9. The van der Waals surface area contributed by atoms with Crippen LogP contribution >= 0.6 is 0 Å². The van der Waals surface area contributed by atoms with Crippen LogP contribution in [0.15, 0.2) is 41.2 Å². The summed E-state index contributed by atoms with van der Waals surface area (Å²) >= 11 is 0. The molecule has 0 saturated heterocycles. The molecule has 3 heterocycles. The van der Waals surface area contributed by atoms with Crippen molar-refractivity contribution in [2.45, 2.75) is 38.5 Å². The fourth-order valence-electron chi connectivity index (χ4n) is 4.00. The van der Waals surface area contributed by atoms with Crippen LogP contribution in [0.1, 0.15) is 36.5 Å². The minimum absolute atomic E-state index is 0.0827. The number of esters is 1. The number of carbonyl (C=O) groups is 1. The van der Waals surface area contributed by atoms with E-state index in [4.69, 9.17) is 9.72 Å². The maximum absolute atomic E-state index is 13.1. The summed E-state index contributed by atoms with van der Waals surface area (Å²) in [5.41, 5.74) is 1.25. The van der Waals surface area contributed by atoms with Gasteiger partial charge in [-0.2, -0.15) is 0 Å². The molecule has 0 aliphatic carbocycles. The van der Waals surface area contributed by atoms with E-state index < -0.39 is 23.7 Å². The molecule has 150 valence electrons. The van der Waals surface area contributed by atoms with Crippen molar-refractivity contribution < 1.29 is 19.7 Å². The zero-order valence-electron chi connectivity index (χ0n) is 16.3. The average molecular weight is 394 g/mol. The summed E-state index contributed by atoms with van der Waals surface area (Å²) in [5, 5.41) is 22.1. The highest BCUT2D eigenvalue weighted by Crippen LogP contribution is 2.37. The first-order valence-electron chi connectivity index (χ1n) is 9.48. The zero-order valence-corrected chi connectivity index (χ0v) is 16.3. The van der Waals surface area contributed by atoms with Gasteiger partial charge in [-0.3, -0.25) is 9.59 Å². The molecule has 0 spiro atoms. The van der Waals surface area contributed by atoms with Gasteiger partial charge in [0.15, 0.2) is 0 Å². The van der Waals surface area contributed by atoms with Crippen molar-refractivity contribution in [3.8, 4) is 11.4 Å². The van der Waals surface area contributed by atoms with Crippen molar-refractivity contribution in [3.05, 3.63) is 63.4 Å². The van der Waals surface area contributed by atoms with Gasteiger partial charge in [0.25, 0.3) is 5.56 Å². The minimum Gasteiger partial charge on any atom is -0.469 e. The Kier molecular flexibility index (Phi) is 4.72. The first-order valence-corrected chi connectivity index (χ1v) is 9.48. The van der Waals surface area contributed by atoms with Gasteiger partial charge in [0.1, 0.15) is 5.60 Å². The quantitative estimate of drug-likeness (QED) is 0.503. The summed E-state index contributed by atoms with van der Waals surface area (Å²) in [6, 6.07) is 11.4. The van der Waals surface area contributed by atoms with Crippen LogP contribution in [-0.4, -0.2) is 32.8 Å². The maximum atomic E-state index is 13.1. The van der Waals surface area contributed by atoms with Gasteiger partial charge < -0.3 is 19.5 Å². The Balaban J connectivity index is 1.95. The Bertz CT molecular complexity index is 1180. The lowest BCUT2D eigenvalue weighted by molar-refractivity contribution is -0.146. The zero-order chi connectivity index (χ0) is 20.8. The molecule has 1 unspecified atom stereocenters.